The molecule has 0 aromatic heterocycles. The fourth-order valence-electron chi connectivity index (χ4n) is 8.89. The van der Waals surface area contributed by atoms with Crippen LogP contribution in [0.15, 0.2) is 36.4 Å². The molecule has 1 heterocycles. The lowest BCUT2D eigenvalue weighted by Crippen LogP contribution is -2.56. The van der Waals surface area contributed by atoms with Gasteiger partial charge in [-0.25, -0.2) is 0 Å². The molecule has 0 unspecified atom stereocenters. The lowest BCUT2D eigenvalue weighted by atomic mass is 9.58. The molecule has 2 fully saturated rings. The number of aliphatic hydroxyl groups is 2. The highest BCUT2D eigenvalue weighted by atomic mass is 16.7. The number of methoxy groups -OCH3 is 1. The van der Waals surface area contributed by atoms with E-state index in [1.165, 1.54) is 5.56 Å². The molecule has 1 amide bonds. The largest absolute Gasteiger partial charge is 0.496 e. The summed E-state index contributed by atoms with van der Waals surface area (Å²) in [6.07, 6.45) is 0.338. The Morgan fingerprint density at radius 2 is 1.80 bits per heavy atom. The lowest BCUT2D eigenvalue weighted by Gasteiger charge is -2.50. The molecule has 54 heavy (non-hydrogen) atoms. The summed E-state index contributed by atoms with van der Waals surface area (Å²) >= 11 is 0. The van der Waals surface area contributed by atoms with Crippen LogP contribution in [0.2, 0.25) is 0 Å². The molecule has 10 nitrogen and oxygen atoms in total. The van der Waals surface area contributed by atoms with Crippen LogP contribution in [0, 0.1) is 34.5 Å². The van der Waals surface area contributed by atoms with E-state index < -0.39 is 24.2 Å². The van der Waals surface area contributed by atoms with Gasteiger partial charge in [-0.15, -0.1) is 0 Å². The van der Waals surface area contributed by atoms with Gasteiger partial charge in [0.15, 0.2) is 0 Å². The molecule has 0 bridgehead atoms. The van der Waals surface area contributed by atoms with Crippen molar-refractivity contribution >= 4 is 11.6 Å². The standard InChI is InChI=1S/C44H73N5O5/c1-27-18-37(28(2)29(3)44(27,8)9)46-42(52)40-39(30(4)51)38(26-50)54-49(40)24-32-16-15-17-36(41(32)53-14)33-19-31(20-35(21-33)48(12)13)23-45-34(25-47(10)11)22-43(5,6)7/h15-17,19-21,27-30,34,37-40,45,50-51H,18,22-26H2,1-14H3,(H,46,52)/t27-,28+,29+,30+,34+,37+,38+,39+,40+/m1/s1. The predicted octanol–water partition coefficient (Wildman–Crippen LogP) is 6.18. The maximum Gasteiger partial charge on any atom is 0.240 e. The van der Waals surface area contributed by atoms with Crippen LogP contribution in [-0.2, 0) is 22.7 Å². The van der Waals surface area contributed by atoms with Gasteiger partial charge >= 0.3 is 0 Å². The molecular weight excluding hydrogens is 679 g/mol. The molecule has 4 N–H and O–H groups in total. The van der Waals surface area contributed by atoms with Crippen LogP contribution >= 0.6 is 0 Å². The van der Waals surface area contributed by atoms with Crippen LogP contribution in [0.5, 0.6) is 5.75 Å². The van der Waals surface area contributed by atoms with E-state index in [2.05, 4.69) is 128 Å². The maximum atomic E-state index is 14.4. The van der Waals surface area contributed by atoms with E-state index in [0.717, 1.165) is 48.3 Å². The van der Waals surface area contributed by atoms with E-state index in [4.69, 9.17) is 9.57 Å². The number of amides is 1. The van der Waals surface area contributed by atoms with Crippen LogP contribution in [0.1, 0.15) is 86.3 Å². The van der Waals surface area contributed by atoms with Crippen LogP contribution in [0.3, 0.4) is 0 Å². The number of carbonyl (C=O) groups is 1. The molecule has 1 saturated carbocycles. The summed E-state index contributed by atoms with van der Waals surface area (Å²) in [5.41, 5.74) is 5.44. The quantitative estimate of drug-likeness (QED) is 0.170. The van der Waals surface area contributed by atoms with Crippen molar-refractivity contribution in [1.29, 1.82) is 0 Å². The predicted molar refractivity (Wildman–Crippen MR) is 220 cm³/mol. The Kier molecular flexibility index (Phi) is 14.7. The molecule has 4 rings (SSSR count). The first-order chi connectivity index (χ1) is 25.2. The second-order valence-electron chi connectivity index (χ2n) is 18.8. The summed E-state index contributed by atoms with van der Waals surface area (Å²) in [7, 11) is 10.0. The number of para-hydroxylation sites is 1. The number of hydrogen-bond acceptors (Lipinski definition) is 9. The Morgan fingerprint density at radius 3 is 2.37 bits per heavy atom. The molecular formula is C44H73N5O5. The van der Waals surface area contributed by atoms with Crippen LogP contribution in [0.4, 0.5) is 5.69 Å². The first-order valence-corrected chi connectivity index (χ1v) is 20.1. The Morgan fingerprint density at radius 1 is 1.11 bits per heavy atom. The minimum Gasteiger partial charge on any atom is -0.496 e. The molecule has 9 atom stereocenters. The Labute approximate surface area is 326 Å². The van der Waals surface area contributed by atoms with Crippen molar-refractivity contribution in [2.24, 2.45) is 34.5 Å². The highest BCUT2D eigenvalue weighted by Crippen LogP contribution is 2.48. The molecule has 304 valence electrons. The zero-order valence-corrected chi connectivity index (χ0v) is 35.9. The fourth-order valence-corrected chi connectivity index (χ4v) is 8.89. The number of likely N-dealkylation sites (N-methyl/N-ethyl adjacent to an activating group) is 1. The number of ether oxygens (including phenoxy) is 1. The fraction of sp³-hybridized carbons (Fsp3) is 0.705. The average molecular weight is 752 g/mol. The van der Waals surface area contributed by atoms with E-state index in [-0.39, 0.29) is 41.8 Å². The van der Waals surface area contributed by atoms with Crippen molar-refractivity contribution in [3.8, 4) is 16.9 Å². The van der Waals surface area contributed by atoms with Crippen LogP contribution in [0.25, 0.3) is 11.1 Å². The van der Waals surface area contributed by atoms with Gasteiger partial charge in [-0.2, -0.15) is 5.06 Å². The summed E-state index contributed by atoms with van der Waals surface area (Å²) in [5.74, 6) is 1.02. The normalized spacial score (nSPS) is 27.2. The van der Waals surface area contributed by atoms with Crippen molar-refractivity contribution in [3.05, 3.63) is 47.5 Å². The molecule has 2 aliphatic rings. The Balaban J connectivity index is 1.67. The SMILES string of the molecule is COc1c(CN2O[C@@H](CO)[C@H]([C@H](C)O)[C@H]2C(=O)N[C@H]2C[C@@H](C)C(C)(C)[C@@H](C)[C@@H]2C)cccc1-c1cc(CN[C@H](CN(C)C)CC(C)(C)C)cc(N(C)C)c1. The summed E-state index contributed by atoms with van der Waals surface area (Å²) in [5, 5.41) is 30.3. The van der Waals surface area contributed by atoms with Crippen molar-refractivity contribution in [3.63, 3.8) is 0 Å². The third-order valence-electron chi connectivity index (χ3n) is 12.7. The molecule has 1 saturated heterocycles. The van der Waals surface area contributed by atoms with Gasteiger partial charge in [0, 0.05) is 62.0 Å². The van der Waals surface area contributed by atoms with Crippen molar-refractivity contribution < 1.29 is 24.6 Å². The second-order valence-corrected chi connectivity index (χ2v) is 18.8. The number of hydrogen-bond donors (Lipinski definition) is 4. The summed E-state index contributed by atoms with van der Waals surface area (Å²) in [6.45, 7) is 21.6. The molecule has 1 aliphatic carbocycles. The van der Waals surface area contributed by atoms with E-state index in [9.17, 15) is 15.0 Å². The van der Waals surface area contributed by atoms with Gasteiger partial charge in [0.25, 0.3) is 0 Å². The number of rotatable bonds is 15. The minimum atomic E-state index is -0.877. The average Bonchev–Trinajstić information content (AvgIpc) is 3.46. The number of aliphatic hydroxyl groups excluding tert-OH is 2. The highest BCUT2D eigenvalue weighted by molar-refractivity contribution is 5.83. The van der Waals surface area contributed by atoms with E-state index >= 15 is 0 Å². The highest BCUT2D eigenvalue weighted by Gasteiger charge is 2.51. The molecule has 10 heteroatoms. The second kappa shape index (κ2) is 18.0. The third kappa shape index (κ3) is 10.4. The van der Waals surface area contributed by atoms with Gasteiger partial charge in [0.1, 0.15) is 17.9 Å². The summed E-state index contributed by atoms with van der Waals surface area (Å²) in [6, 6.07) is 12.3. The molecule has 1 aliphatic heterocycles. The van der Waals surface area contributed by atoms with Gasteiger partial charge in [-0.3, -0.25) is 9.63 Å². The Hall–Kier alpha value is -2.73. The summed E-state index contributed by atoms with van der Waals surface area (Å²) < 4.78 is 6.16. The maximum absolute atomic E-state index is 14.4. The first kappa shape index (κ1) is 44.0. The molecule has 2 aromatic carbocycles. The van der Waals surface area contributed by atoms with Gasteiger partial charge < -0.3 is 35.4 Å². The number of nitrogens with zero attached hydrogens (tertiary/aromatic N) is 3. The van der Waals surface area contributed by atoms with E-state index in [0.29, 0.717) is 23.6 Å². The Bertz CT molecular complexity index is 1540. The van der Waals surface area contributed by atoms with Gasteiger partial charge in [-0.05, 0) is 91.8 Å². The molecule has 0 spiro atoms. The molecule has 0 radical (unpaired) electrons. The summed E-state index contributed by atoms with van der Waals surface area (Å²) in [4.78, 5) is 25.1. The van der Waals surface area contributed by atoms with Crippen molar-refractivity contribution in [2.45, 2.75) is 119 Å². The monoisotopic (exact) mass is 752 g/mol. The van der Waals surface area contributed by atoms with Gasteiger partial charge in [-0.1, -0.05) is 73.6 Å². The van der Waals surface area contributed by atoms with Gasteiger partial charge in [0.05, 0.1) is 26.4 Å². The zero-order valence-electron chi connectivity index (χ0n) is 35.9. The van der Waals surface area contributed by atoms with E-state index in [1.807, 2.05) is 12.1 Å². The molecule has 2 aromatic rings. The smallest absolute Gasteiger partial charge is 0.240 e. The first-order valence-electron chi connectivity index (χ1n) is 20.1. The topological polar surface area (TPSA) is 110 Å². The lowest BCUT2D eigenvalue weighted by molar-refractivity contribution is -0.182. The van der Waals surface area contributed by atoms with E-state index in [1.54, 1.807) is 19.1 Å². The third-order valence-corrected chi connectivity index (χ3v) is 12.7. The number of anilines is 1. The number of nitrogens with one attached hydrogen (secondary N) is 2. The van der Waals surface area contributed by atoms with Gasteiger partial charge in [0.2, 0.25) is 5.91 Å². The minimum absolute atomic E-state index is 0.00246. The number of carbonyl (C=O) groups excluding carboxylic acids is 1. The number of benzene rings is 2. The number of hydroxylamine groups is 2. The zero-order chi connectivity index (χ0) is 40.3. The van der Waals surface area contributed by atoms with Crippen LogP contribution < -0.4 is 20.3 Å². The van der Waals surface area contributed by atoms with Crippen LogP contribution in [-0.4, -0.2) is 105 Å². The van der Waals surface area contributed by atoms with Crippen molar-refractivity contribution in [1.82, 2.24) is 20.6 Å². The van der Waals surface area contributed by atoms with Crippen molar-refractivity contribution in [2.75, 3.05) is 53.4 Å².